The second kappa shape index (κ2) is 8.83. The second-order valence-electron chi connectivity index (χ2n) is 6.75. The van der Waals surface area contributed by atoms with E-state index in [0.717, 1.165) is 30.7 Å². The van der Waals surface area contributed by atoms with E-state index in [4.69, 9.17) is 4.74 Å². The molecular weight excluding hydrogens is 302 g/mol. The highest BCUT2D eigenvalue weighted by Gasteiger charge is 2.28. The molecule has 0 spiro atoms. The van der Waals surface area contributed by atoms with Crippen LogP contribution < -0.4 is 10.1 Å². The Hall–Kier alpha value is -1.88. The van der Waals surface area contributed by atoms with Gasteiger partial charge in [-0.05, 0) is 32.0 Å². The number of aromatic nitrogens is 1. The minimum absolute atomic E-state index is 0.0406. The third kappa shape index (κ3) is 5.34. The molecule has 0 bridgehead atoms. The van der Waals surface area contributed by atoms with Crippen molar-refractivity contribution in [2.24, 2.45) is 5.92 Å². The largest absolute Gasteiger partial charge is 0.487 e. The molecule has 5 nitrogen and oxygen atoms in total. The van der Waals surface area contributed by atoms with Crippen molar-refractivity contribution in [1.29, 1.82) is 0 Å². The van der Waals surface area contributed by atoms with Crippen molar-refractivity contribution in [1.82, 2.24) is 15.2 Å². The average molecular weight is 331 g/mol. The van der Waals surface area contributed by atoms with E-state index in [0.29, 0.717) is 12.6 Å². The maximum Gasteiger partial charge on any atom is 0.225 e. The van der Waals surface area contributed by atoms with Crippen molar-refractivity contribution in [3.8, 4) is 5.75 Å². The molecule has 2 rings (SSSR count). The highest BCUT2D eigenvalue weighted by atomic mass is 16.5. The van der Waals surface area contributed by atoms with Crippen molar-refractivity contribution in [2.45, 2.75) is 45.8 Å². The van der Waals surface area contributed by atoms with Gasteiger partial charge in [-0.3, -0.25) is 9.78 Å². The Morgan fingerprint density at radius 1 is 1.46 bits per heavy atom. The number of nitrogens with zero attached hydrogens (tertiary/aromatic N) is 2. The van der Waals surface area contributed by atoms with E-state index in [9.17, 15) is 4.79 Å². The number of carbonyl (C=O) groups excluding carboxylic acids is 1. The van der Waals surface area contributed by atoms with Crippen molar-refractivity contribution in [3.63, 3.8) is 0 Å². The molecule has 1 aromatic heterocycles. The Kier molecular flexibility index (Phi) is 6.79. The minimum Gasteiger partial charge on any atom is -0.487 e. The van der Waals surface area contributed by atoms with Crippen LogP contribution in [0.3, 0.4) is 0 Å². The van der Waals surface area contributed by atoms with Gasteiger partial charge in [-0.15, -0.1) is 0 Å². The Labute approximate surface area is 145 Å². The predicted octanol–water partition coefficient (Wildman–Crippen LogP) is 2.73. The first-order valence-electron chi connectivity index (χ1n) is 8.74. The normalized spacial score (nSPS) is 19.2. The van der Waals surface area contributed by atoms with Crippen molar-refractivity contribution in [2.75, 3.05) is 20.1 Å². The predicted molar refractivity (Wildman–Crippen MR) is 96.9 cm³/mol. The highest BCUT2D eigenvalue weighted by molar-refractivity contribution is 5.78. The first-order chi connectivity index (χ1) is 11.5. The molecule has 132 valence electrons. The van der Waals surface area contributed by atoms with E-state index in [2.05, 4.69) is 29.4 Å². The number of ether oxygens (including phenoxy) is 1. The Morgan fingerprint density at radius 2 is 2.25 bits per heavy atom. The quantitative estimate of drug-likeness (QED) is 0.835. The van der Waals surface area contributed by atoms with Crippen LogP contribution in [0.15, 0.2) is 24.5 Å². The van der Waals surface area contributed by atoms with Gasteiger partial charge in [0.05, 0.1) is 12.7 Å². The summed E-state index contributed by atoms with van der Waals surface area (Å²) in [5.74, 6) is 1.01. The molecule has 1 N–H and O–H groups in total. The monoisotopic (exact) mass is 331 g/mol. The SMILES string of the molecule is CN[C@@H](C)C/C=C/c1cncc(O[C@H]2CCN(C(=O)C(C)C)C2)c1. The maximum atomic E-state index is 12.0. The van der Waals surface area contributed by atoms with Gasteiger partial charge in [-0.25, -0.2) is 0 Å². The van der Waals surface area contributed by atoms with Gasteiger partial charge in [-0.2, -0.15) is 0 Å². The molecule has 0 unspecified atom stereocenters. The van der Waals surface area contributed by atoms with E-state index in [1.807, 2.05) is 38.1 Å². The highest BCUT2D eigenvalue weighted by Crippen LogP contribution is 2.20. The molecule has 1 aromatic rings. The van der Waals surface area contributed by atoms with Crippen molar-refractivity contribution >= 4 is 12.0 Å². The smallest absolute Gasteiger partial charge is 0.225 e. The molecule has 0 radical (unpaired) electrons. The molecule has 0 aliphatic carbocycles. The van der Waals surface area contributed by atoms with Gasteiger partial charge in [0.1, 0.15) is 11.9 Å². The van der Waals surface area contributed by atoms with Gasteiger partial charge in [0, 0.05) is 31.1 Å². The summed E-state index contributed by atoms with van der Waals surface area (Å²) >= 11 is 0. The summed E-state index contributed by atoms with van der Waals surface area (Å²) in [6.07, 6.45) is 9.67. The van der Waals surface area contributed by atoms with Crippen LogP contribution in [-0.2, 0) is 4.79 Å². The molecule has 5 heteroatoms. The third-order valence-electron chi connectivity index (χ3n) is 4.28. The number of amides is 1. The third-order valence-corrected chi connectivity index (χ3v) is 4.28. The zero-order valence-electron chi connectivity index (χ0n) is 15.2. The molecule has 2 atom stereocenters. The number of nitrogens with one attached hydrogen (secondary N) is 1. The molecule has 2 heterocycles. The van der Waals surface area contributed by atoms with Gasteiger partial charge in [0.15, 0.2) is 0 Å². The van der Waals surface area contributed by atoms with E-state index >= 15 is 0 Å². The number of rotatable bonds is 7. The summed E-state index contributed by atoms with van der Waals surface area (Å²) in [6, 6.07) is 2.46. The van der Waals surface area contributed by atoms with Crippen molar-refractivity contribution < 1.29 is 9.53 Å². The molecular formula is C19H29N3O2. The van der Waals surface area contributed by atoms with Crippen molar-refractivity contribution in [3.05, 3.63) is 30.1 Å². The second-order valence-corrected chi connectivity index (χ2v) is 6.75. The van der Waals surface area contributed by atoms with Crippen LogP contribution in [-0.4, -0.2) is 48.1 Å². The molecule has 1 aliphatic rings. The lowest BCUT2D eigenvalue weighted by atomic mass is 10.2. The van der Waals surface area contributed by atoms with Gasteiger partial charge in [0.25, 0.3) is 0 Å². The molecule has 1 saturated heterocycles. The summed E-state index contributed by atoms with van der Waals surface area (Å²) in [5, 5.41) is 3.21. The number of hydrogen-bond donors (Lipinski definition) is 1. The summed E-state index contributed by atoms with van der Waals surface area (Å²) in [7, 11) is 1.96. The molecule has 0 aromatic carbocycles. The number of hydrogen-bond acceptors (Lipinski definition) is 4. The maximum absolute atomic E-state index is 12.0. The van der Waals surface area contributed by atoms with Crippen LogP contribution >= 0.6 is 0 Å². The summed E-state index contributed by atoms with van der Waals surface area (Å²) in [4.78, 5) is 18.2. The number of pyridine rings is 1. The van der Waals surface area contributed by atoms with E-state index in [-0.39, 0.29) is 17.9 Å². The van der Waals surface area contributed by atoms with E-state index < -0.39 is 0 Å². The van der Waals surface area contributed by atoms with Crippen LogP contribution in [0, 0.1) is 5.92 Å². The first-order valence-corrected chi connectivity index (χ1v) is 8.74. The summed E-state index contributed by atoms with van der Waals surface area (Å²) < 4.78 is 6.02. The number of likely N-dealkylation sites (tertiary alicyclic amines) is 1. The van der Waals surface area contributed by atoms with Crippen LogP contribution in [0.5, 0.6) is 5.75 Å². The number of carbonyl (C=O) groups is 1. The summed E-state index contributed by atoms with van der Waals surface area (Å²) in [6.45, 7) is 7.45. The fourth-order valence-electron chi connectivity index (χ4n) is 2.70. The average Bonchev–Trinajstić information content (AvgIpc) is 3.02. The van der Waals surface area contributed by atoms with E-state index in [1.54, 1.807) is 6.20 Å². The minimum atomic E-state index is 0.0406. The van der Waals surface area contributed by atoms with E-state index in [1.165, 1.54) is 0 Å². The molecule has 24 heavy (non-hydrogen) atoms. The fourth-order valence-corrected chi connectivity index (χ4v) is 2.70. The lowest BCUT2D eigenvalue weighted by molar-refractivity contribution is -0.133. The van der Waals surface area contributed by atoms with Gasteiger partial charge < -0.3 is 15.0 Å². The fraction of sp³-hybridized carbons (Fsp3) is 0.579. The standard InChI is InChI=1S/C19H29N3O2/c1-14(2)19(23)22-9-8-17(13-22)24-18-10-16(11-21-12-18)7-5-6-15(3)20-4/h5,7,10-12,14-15,17,20H,6,8-9,13H2,1-4H3/b7-5+/t15-,17-/m0/s1. The Morgan fingerprint density at radius 3 is 2.96 bits per heavy atom. The lowest BCUT2D eigenvalue weighted by Gasteiger charge is -2.19. The van der Waals surface area contributed by atoms with Crippen LogP contribution in [0.2, 0.25) is 0 Å². The van der Waals surface area contributed by atoms with Gasteiger partial charge in [-0.1, -0.05) is 26.0 Å². The van der Waals surface area contributed by atoms with Gasteiger partial charge >= 0.3 is 0 Å². The zero-order chi connectivity index (χ0) is 17.5. The molecule has 1 aliphatic heterocycles. The van der Waals surface area contributed by atoms with Gasteiger partial charge in [0.2, 0.25) is 5.91 Å². The molecule has 1 amide bonds. The molecule has 1 fully saturated rings. The topological polar surface area (TPSA) is 54.5 Å². The summed E-state index contributed by atoms with van der Waals surface area (Å²) in [5.41, 5.74) is 1.03. The Balaban J connectivity index is 1.90. The Bertz CT molecular complexity index is 571. The van der Waals surface area contributed by atoms with Crippen LogP contribution in [0.4, 0.5) is 0 Å². The molecule has 0 saturated carbocycles. The first kappa shape index (κ1) is 18.5. The van der Waals surface area contributed by atoms with Crippen LogP contribution in [0.1, 0.15) is 39.2 Å². The zero-order valence-corrected chi connectivity index (χ0v) is 15.2. The lowest BCUT2D eigenvalue weighted by Crippen LogP contribution is -2.33. The van der Waals surface area contributed by atoms with Crippen LogP contribution in [0.25, 0.3) is 6.08 Å².